The van der Waals surface area contributed by atoms with E-state index in [1.54, 1.807) is 4.90 Å². The maximum Gasteiger partial charge on any atom is 0.327 e. The highest BCUT2D eigenvalue weighted by Gasteiger charge is 2.44. The zero-order chi connectivity index (χ0) is 17.8. The Balaban J connectivity index is 1.37. The van der Waals surface area contributed by atoms with Gasteiger partial charge in [-0.15, -0.1) is 0 Å². The third-order valence-corrected chi connectivity index (χ3v) is 4.56. The standard InChI is InChI=1S/C18H24N4O3/c1-20(14-6-3-2-4-7-14)11-5-10-19-16(23)12-22-17(24)13-21(18(22)25)15-8-9-15/h2-4,6-7,15H,5,8-13H2,1H3,(H,19,23). The van der Waals surface area contributed by atoms with Crippen LogP contribution in [0.4, 0.5) is 10.5 Å². The molecule has 1 saturated carbocycles. The number of urea groups is 1. The van der Waals surface area contributed by atoms with Crippen LogP contribution >= 0.6 is 0 Å². The molecule has 0 bridgehead atoms. The van der Waals surface area contributed by atoms with Crippen LogP contribution in [0.5, 0.6) is 0 Å². The van der Waals surface area contributed by atoms with E-state index in [1.807, 2.05) is 37.4 Å². The normalized spacial score (nSPS) is 17.2. The predicted molar refractivity (Wildman–Crippen MR) is 94.2 cm³/mol. The van der Waals surface area contributed by atoms with Gasteiger partial charge in [0, 0.05) is 31.9 Å². The van der Waals surface area contributed by atoms with Crippen LogP contribution in [-0.4, -0.2) is 66.9 Å². The van der Waals surface area contributed by atoms with Crippen molar-refractivity contribution in [3.8, 4) is 0 Å². The summed E-state index contributed by atoms with van der Waals surface area (Å²) in [6.45, 7) is 1.24. The SMILES string of the molecule is CN(CCCNC(=O)CN1C(=O)CN(C2CC2)C1=O)c1ccccc1. The van der Waals surface area contributed by atoms with Crippen molar-refractivity contribution in [2.75, 3.05) is 38.1 Å². The molecule has 7 nitrogen and oxygen atoms in total. The van der Waals surface area contributed by atoms with Crippen molar-refractivity contribution in [3.05, 3.63) is 30.3 Å². The Morgan fingerprint density at radius 2 is 1.96 bits per heavy atom. The van der Waals surface area contributed by atoms with Crippen LogP contribution in [0, 0.1) is 0 Å². The monoisotopic (exact) mass is 344 g/mol. The lowest BCUT2D eigenvalue weighted by atomic mass is 10.3. The van der Waals surface area contributed by atoms with Crippen molar-refractivity contribution in [2.24, 2.45) is 0 Å². The molecule has 1 aromatic carbocycles. The van der Waals surface area contributed by atoms with Gasteiger partial charge in [0.15, 0.2) is 0 Å². The molecule has 2 aliphatic rings. The Morgan fingerprint density at radius 1 is 1.24 bits per heavy atom. The summed E-state index contributed by atoms with van der Waals surface area (Å²) in [5.41, 5.74) is 1.13. The number of rotatable bonds is 8. The van der Waals surface area contributed by atoms with E-state index in [-0.39, 0.29) is 37.0 Å². The Kier molecular flexibility index (Phi) is 5.21. The van der Waals surface area contributed by atoms with E-state index in [1.165, 1.54) is 0 Å². The van der Waals surface area contributed by atoms with Crippen LogP contribution in [0.2, 0.25) is 0 Å². The Bertz CT molecular complexity index is 645. The van der Waals surface area contributed by atoms with Gasteiger partial charge in [0.2, 0.25) is 5.91 Å². The Labute approximate surface area is 147 Å². The largest absolute Gasteiger partial charge is 0.375 e. The fourth-order valence-electron chi connectivity index (χ4n) is 2.94. The van der Waals surface area contributed by atoms with Crippen molar-refractivity contribution in [1.29, 1.82) is 0 Å². The lowest BCUT2D eigenvalue weighted by Crippen LogP contribution is -2.42. The summed E-state index contributed by atoms with van der Waals surface area (Å²) in [5.74, 6) is -0.572. The van der Waals surface area contributed by atoms with Crippen LogP contribution in [0.15, 0.2) is 30.3 Å². The molecular formula is C18H24N4O3. The number of hydrogen-bond acceptors (Lipinski definition) is 4. The number of carbonyl (C=O) groups excluding carboxylic acids is 3. The molecular weight excluding hydrogens is 320 g/mol. The van der Waals surface area contributed by atoms with Crippen molar-refractivity contribution in [1.82, 2.24) is 15.1 Å². The number of benzene rings is 1. The van der Waals surface area contributed by atoms with Gasteiger partial charge in [-0.05, 0) is 31.4 Å². The number of hydrogen-bond donors (Lipinski definition) is 1. The van der Waals surface area contributed by atoms with Crippen LogP contribution in [0.25, 0.3) is 0 Å². The van der Waals surface area contributed by atoms with E-state index >= 15 is 0 Å². The predicted octanol–water partition coefficient (Wildman–Crippen LogP) is 1.06. The minimum Gasteiger partial charge on any atom is -0.375 e. The second kappa shape index (κ2) is 7.55. The molecule has 7 heteroatoms. The third-order valence-electron chi connectivity index (χ3n) is 4.56. The van der Waals surface area contributed by atoms with E-state index < -0.39 is 0 Å². The molecule has 0 radical (unpaired) electrons. The molecule has 1 saturated heterocycles. The minimum atomic E-state index is -0.327. The highest BCUT2D eigenvalue weighted by molar-refractivity contribution is 6.04. The Morgan fingerprint density at radius 3 is 2.64 bits per heavy atom. The van der Waals surface area contributed by atoms with E-state index in [0.29, 0.717) is 6.54 Å². The number of imide groups is 1. The highest BCUT2D eigenvalue weighted by Crippen LogP contribution is 2.30. The second-order valence-electron chi connectivity index (χ2n) is 6.58. The highest BCUT2D eigenvalue weighted by atomic mass is 16.2. The first kappa shape index (κ1) is 17.3. The molecule has 1 N–H and O–H groups in total. The quantitative estimate of drug-likeness (QED) is 0.565. The summed E-state index contributed by atoms with van der Waals surface area (Å²) in [6.07, 6.45) is 2.69. The smallest absolute Gasteiger partial charge is 0.327 e. The van der Waals surface area contributed by atoms with Gasteiger partial charge < -0.3 is 15.1 Å². The van der Waals surface area contributed by atoms with Crippen LogP contribution in [0.3, 0.4) is 0 Å². The molecule has 3 rings (SSSR count). The summed E-state index contributed by atoms with van der Waals surface area (Å²) in [4.78, 5) is 40.8. The van der Waals surface area contributed by atoms with Crippen LogP contribution in [-0.2, 0) is 9.59 Å². The average molecular weight is 344 g/mol. The second-order valence-corrected chi connectivity index (χ2v) is 6.58. The summed E-state index contributed by atoms with van der Waals surface area (Å²) in [7, 11) is 2.01. The molecule has 2 fully saturated rings. The van der Waals surface area contributed by atoms with Crippen LogP contribution in [0.1, 0.15) is 19.3 Å². The summed E-state index contributed by atoms with van der Waals surface area (Å²) in [6, 6.07) is 9.89. The van der Waals surface area contributed by atoms with E-state index in [9.17, 15) is 14.4 Å². The minimum absolute atomic E-state index is 0.110. The number of nitrogens with zero attached hydrogens (tertiary/aromatic N) is 3. The maximum absolute atomic E-state index is 12.2. The van der Waals surface area contributed by atoms with Gasteiger partial charge in [0.1, 0.15) is 13.1 Å². The van der Waals surface area contributed by atoms with Crippen molar-refractivity contribution in [3.63, 3.8) is 0 Å². The van der Waals surface area contributed by atoms with E-state index in [4.69, 9.17) is 0 Å². The van der Waals surface area contributed by atoms with Crippen molar-refractivity contribution in [2.45, 2.75) is 25.3 Å². The molecule has 0 atom stereocenters. The number of anilines is 1. The van der Waals surface area contributed by atoms with Gasteiger partial charge in [-0.25, -0.2) is 4.79 Å². The molecule has 4 amide bonds. The molecule has 1 aliphatic heterocycles. The lowest BCUT2D eigenvalue weighted by molar-refractivity contribution is -0.130. The first-order valence-corrected chi connectivity index (χ1v) is 8.70. The molecule has 0 unspecified atom stereocenters. The maximum atomic E-state index is 12.2. The number of carbonyl (C=O) groups is 3. The van der Waals surface area contributed by atoms with Gasteiger partial charge in [0.05, 0.1) is 0 Å². The Hall–Kier alpha value is -2.57. The van der Waals surface area contributed by atoms with Gasteiger partial charge in [0.25, 0.3) is 5.91 Å². The zero-order valence-electron chi connectivity index (χ0n) is 14.5. The fourth-order valence-corrected chi connectivity index (χ4v) is 2.94. The molecule has 25 heavy (non-hydrogen) atoms. The van der Waals surface area contributed by atoms with Crippen molar-refractivity contribution < 1.29 is 14.4 Å². The molecule has 0 aromatic heterocycles. The van der Waals surface area contributed by atoms with Gasteiger partial charge in [-0.2, -0.15) is 0 Å². The third kappa shape index (κ3) is 4.29. The van der Waals surface area contributed by atoms with E-state index in [2.05, 4.69) is 10.2 Å². The molecule has 134 valence electrons. The number of amides is 4. The molecule has 0 spiro atoms. The number of nitrogens with one attached hydrogen (secondary N) is 1. The number of para-hydroxylation sites is 1. The van der Waals surface area contributed by atoms with Crippen LogP contribution < -0.4 is 10.2 Å². The van der Waals surface area contributed by atoms with Crippen molar-refractivity contribution >= 4 is 23.5 Å². The van der Waals surface area contributed by atoms with E-state index in [0.717, 1.165) is 36.4 Å². The topological polar surface area (TPSA) is 73.0 Å². The summed E-state index contributed by atoms with van der Waals surface area (Å²) < 4.78 is 0. The zero-order valence-corrected chi connectivity index (χ0v) is 14.5. The lowest BCUT2D eigenvalue weighted by Gasteiger charge is -2.19. The molecule has 1 aromatic rings. The van der Waals surface area contributed by atoms with Gasteiger partial charge >= 0.3 is 6.03 Å². The summed E-state index contributed by atoms with van der Waals surface area (Å²) >= 11 is 0. The first-order valence-electron chi connectivity index (χ1n) is 8.70. The van der Waals surface area contributed by atoms with Gasteiger partial charge in [-0.1, -0.05) is 18.2 Å². The molecule has 1 aliphatic carbocycles. The fraction of sp³-hybridized carbons (Fsp3) is 0.500. The van der Waals surface area contributed by atoms with Gasteiger partial charge in [-0.3, -0.25) is 14.5 Å². The molecule has 1 heterocycles. The average Bonchev–Trinajstić information content (AvgIpc) is 3.42. The summed E-state index contributed by atoms with van der Waals surface area (Å²) in [5, 5.41) is 2.79. The first-order chi connectivity index (χ1) is 12.1.